The smallest absolute Gasteiger partial charge is 0.263 e. The molecule has 1 aromatic heterocycles. The van der Waals surface area contributed by atoms with Gasteiger partial charge in [0.25, 0.3) is 5.91 Å². The van der Waals surface area contributed by atoms with Gasteiger partial charge in [0.1, 0.15) is 4.88 Å². The number of thiazole rings is 1. The molecular formula is C17H29N3O2S. The maximum Gasteiger partial charge on any atom is 0.263 e. The Hall–Kier alpha value is -0.980. The summed E-state index contributed by atoms with van der Waals surface area (Å²) in [5.41, 5.74) is 0.837. The van der Waals surface area contributed by atoms with E-state index in [-0.39, 0.29) is 5.91 Å². The minimum absolute atomic E-state index is 0.00538. The highest BCUT2D eigenvalue weighted by Crippen LogP contribution is 2.24. The van der Waals surface area contributed by atoms with E-state index in [1.807, 2.05) is 6.92 Å². The standard InChI is InChI=1S/C17H29N3O2S/c1-11(2)14(20-6-8-22-9-7-20)10-18-16(21)15-13(5)19-17(23-15)12(3)4/h11-12,14H,6-10H2,1-5H3,(H,18,21)/t14-/m1/s1. The van der Waals surface area contributed by atoms with Gasteiger partial charge in [-0.1, -0.05) is 27.7 Å². The van der Waals surface area contributed by atoms with E-state index in [1.54, 1.807) is 0 Å². The molecule has 0 radical (unpaired) electrons. The average molecular weight is 340 g/mol. The number of aromatic nitrogens is 1. The van der Waals surface area contributed by atoms with Gasteiger partial charge in [-0.15, -0.1) is 11.3 Å². The number of hydrogen-bond donors (Lipinski definition) is 1. The molecule has 1 amide bonds. The minimum Gasteiger partial charge on any atom is -0.379 e. The molecule has 1 aliphatic rings. The Kier molecular flexibility index (Phi) is 6.56. The van der Waals surface area contributed by atoms with Crippen LogP contribution in [0.25, 0.3) is 0 Å². The third-order valence-electron chi connectivity index (χ3n) is 4.27. The monoisotopic (exact) mass is 339 g/mol. The molecule has 0 saturated carbocycles. The summed E-state index contributed by atoms with van der Waals surface area (Å²) in [6.45, 7) is 14.7. The number of hydrogen-bond acceptors (Lipinski definition) is 5. The lowest BCUT2D eigenvalue weighted by atomic mass is 10.0. The van der Waals surface area contributed by atoms with Gasteiger partial charge in [-0.05, 0) is 12.8 Å². The van der Waals surface area contributed by atoms with Gasteiger partial charge in [0.15, 0.2) is 0 Å². The van der Waals surface area contributed by atoms with Crippen molar-refractivity contribution in [1.82, 2.24) is 15.2 Å². The number of morpholine rings is 1. The van der Waals surface area contributed by atoms with Crippen molar-refractivity contribution in [2.75, 3.05) is 32.8 Å². The fraction of sp³-hybridized carbons (Fsp3) is 0.765. The lowest BCUT2D eigenvalue weighted by Crippen LogP contribution is -2.51. The molecule has 1 aromatic rings. The first-order chi connectivity index (χ1) is 10.9. The van der Waals surface area contributed by atoms with Crippen molar-refractivity contribution >= 4 is 17.2 Å². The fourth-order valence-corrected chi connectivity index (χ4v) is 3.83. The number of nitrogens with zero attached hydrogens (tertiary/aromatic N) is 2. The van der Waals surface area contributed by atoms with Gasteiger partial charge in [-0.25, -0.2) is 4.98 Å². The second-order valence-electron chi connectivity index (χ2n) is 6.79. The summed E-state index contributed by atoms with van der Waals surface area (Å²) in [6, 6.07) is 0.348. The summed E-state index contributed by atoms with van der Waals surface area (Å²) in [7, 11) is 0. The topological polar surface area (TPSA) is 54.5 Å². The lowest BCUT2D eigenvalue weighted by molar-refractivity contribution is 0.00673. The van der Waals surface area contributed by atoms with Gasteiger partial charge in [0.05, 0.1) is 23.9 Å². The van der Waals surface area contributed by atoms with Crippen LogP contribution in [0.4, 0.5) is 0 Å². The molecule has 1 N–H and O–H groups in total. The molecule has 0 spiro atoms. The predicted molar refractivity (Wildman–Crippen MR) is 94.3 cm³/mol. The number of aryl methyl sites for hydroxylation is 1. The van der Waals surface area contributed by atoms with Crippen molar-refractivity contribution in [3.63, 3.8) is 0 Å². The molecule has 1 atom stereocenters. The van der Waals surface area contributed by atoms with Gasteiger partial charge >= 0.3 is 0 Å². The molecule has 2 heterocycles. The van der Waals surface area contributed by atoms with Gasteiger partial charge in [-0.3, -0.25) is 9.69 Å². The van der Waals surface area contributed by atoms with E-state index in [1.165, 1.54) is 11.3 Å². The lowest BCUT2D eigenvalue weighted by Gasteiger charge is -2.36. The number of carbonyl (C=O) groups excluding carboxylic acids is 1. The van der Waals surface area contributed by atoms with Crippen LogP contribution in [0.3, 0.4) is 0 Å². The summed E-state index contributed by atoms with van der Waals surface area (Å²) < 4.78 is 5.43. The molecule has 0 aromatic carbocycles. The van der Waals surface area contributed by atoms with Crippen molar-refractivity contribution in [2.24, 2.45) is 5.92 Å². The second-order valence-corrected chi connectivity index (χ2v) is 7.82. The van der Waals surface area contributed by atoms with Gasteiger partial charge in [0.2, 0.25) is 0 Å². The first-order valence-corrected chi connectivity index (χ1v) is 9.29. The second kappa shape index (κ2) is 8.22. The third-order valence-corrected chi connectivity index (χ3v) is 5.73. The van der Waals surface area contributed by atoms with Crippen LogP contribution < -0.4 is 5.32 Å². The van der Waals surface area contributed by atoms with Gasteiger partial charge in [-0.2, -0.15) is 0 Å². The van der Waals surface area contributed by atoms with Crippen LogP contribution in [-0.4, -0.2) is 54.7 Å². The molecule has 1 saturated heterocycles. The number of rotatable bonds is 6. The SMILES string of the molecule is Cc1nc(C(C)C)sc1C(=O)NC[C@H](C(C)C)N1CCOCC1. The van der Waals surface area contributed by atoms with E-state index >= 15 is 0 Å². The van der Waals surface area contributed by atoms with Crippen molar-refractivity contribution in [1.29, 1.82) is 0 Å². The molecule has 6 heteroatoms. The predicted octanol–water partition coefficient (Wildman–Crippen LogP) is 2.66. The summed E-state index contributed by atoms with van der Waals surface area (Å²) >= 11 is 1.51. The normalized spacial score (nSPS) is 17.7. The quantitative estimate of drug-likeness (QED) is 0.866. The van der Waals surface area contributed by atoms with Gasteiger partial charge < -0.3 is 10.1 Å². The maximum atomic E-state index is 12.5. The summed E-state index contributed by atoms with van der Waals surface area (Å²) in [4.78, 5) is 20.2. The van der Waals surface area contributed by atoms with Crippen molar-refractivity contribution in [2.45, 2.75) is 46.6 Å². The van der Waals surface area contributed by atoms with Gasteiger partial charge in [0, 0.05) is 31.6 Å². The molecule has 23 heavy (non-hydrogen) atoms. The summed E-state index contributed by atoms with van der Waals surface area (Å²) in [5.74, 6) is 0.852. The Morgan fingerprint density at radius 1 is 1.30 bits per heavy atom. The Labute approximate surface area is 143 Å². The Balaban J connectivity index is 1.98. The molecular weight excluding hydrogens is 310 g/mol. The van der Waals surface area contributed by atoms with E-state index in [2.05, 4.69) is 42.9 Å². The van der Waals surface area contributed by atoms with E-state index in [9.17, 15) is 4.79 Å². The highest BCUT2D eigenvalue weighted by atomic mass is 32.1. The average Bonchev–Trinajstić information content (AvgIpc) is 2.90. The molecule has 1 aliphatic heterocycles. The van der Waals surface area contributed by atoms with Crippen molar-refractivity contribution < 1.29 is 9.53 Å². The van der Waals surface area contributed by atoms with Crippen LogP contribution in [0.5, 0.6) is 0 Å². The van der Waals surface area contributed by atoms with E-state index in [4.69, 9.17) is 4.74 Å². The van der Waals surface area contributed by atoms with Crippen LogP contribution in [0.2, 0.25) is 0 Å². The number of ether oxygens (including phenoxy) is 1. The van der Waals surface area contributed by atoms with Crippen LogP contribution in [0.1, 0.15) is 54.0 Å². The third kappa shape index (κ3) is 4.75. The van der Waals surface area contributed by atoms with E-state index in [0.717, 1.165) is 41.9 Å². The van der Waals surface area contributed by atoms with E-state index in [0.29, 0.717) is 24.4 Å². The van der Waals surface area contributed by atoms with Crippen LogP contribution >= 0.6 is 11.3 Å². The fourth-order valence-electron chi connectivity index (χ4n) is 2.85. The number of nitrogens with one attached hydrogen (secondary N) is 1. The highest BCUT2D eigenvalue weighted by molar-refractivity contribution is 7.13. The largest absolute Gasteiger partial charge is 0.379 e. The molecule has 1 fully saturated rings. The Bertz CT molecular complexity index is 522. The highest BCUT2D eigenvalue weighted by Gasteiger charge is 2.25. The Morgan fingerprint density at radius 3 is 2.48 bits per heavy atom. The molecule has 130 valence electrons. The summed E-state index contributed by atoms with van der Waals surface area (Å²) in [5, 5.41) is 4.15. The first-order valence-electron chi connectivity index (χ1n) is 8.47. The minimum atomic E-state index is 0.00538. The number of amides is 1. The van der Waals surface area contributed by atoms with Crippen molar-refractivity contribution in [3.8, 4) is 0 Å². The molecule has 0 bridgehead atoms. The van der Waals surface area contributed by atoms with Crippen LogP contribution in [0.15, 0.2) is 0 Å². The zero-order valence-electron chi connectivity index (χ0n) is 14.9. The number of carbonyl (C=O) groups is 1. The Morgan fingerprint density at radius 2 is 1.96 bits per heavy atom. The van der Waals surface area contributed by atoms with Crippen molar-refractivity contribution in [3.05, 3.63) is 15.6 Å². The molecule has 0 unspecified atom stereocenters. The molecule has 5 nitrogen and oxygen atoms in total. The first kappa shape index (κ1) is 18.4. The van der Waals surface area contributed by atoms with Crippen LogP contribution in [0, 0.1) is 12.8 Å². The maximum absolute atomic E-state index is 12.5. The zero-order valence-corrected chi connectivity index (χ0v) is 15.7. The van der Waals surface area contributed by atoms with Crippen LogP contribution in [-0.2, 0) is 4.74 Å². The zero-order chi connectivity index (χ0) is 17.0. The molecule has 2 rings (SSSR count). The van der Waals surface area contributed by atoms with E-state index < -0.39 is 0 Å². The summed E-state index contributed by atoms with van der Waals surface area (Å²) in [6.07, 6.45) is 0. The molecule has 0 aliphatic carbocycles.